The van der Waals surface area contributed by atoms with E-state index in [2.05, 4.69) is 15.3 Å². The van der Waals surface area contributed by atoms with Crippen molar-refractivity contribution in [1.29, 1.82) is 0 Å². The summed E-state index contributed by atoms with van der Waals surface area (Å²) in [6.45, 7) is 3.76. The van der Waals surface area contributed by atoms with Gasteiger partial charge in [-0.25, -0.2) is 13.4 Å². The fourth-order valence-electron chi connectivity index (χ4n) is 2.53. The Morgan fingerprint density at radius 3 is 2.48 bits per heavy atom. The molecule has 3 aromatic rings. The molecule has 0 bridgehead atoms. The van der Waals surface area contributed by atoms with Crippen LogP contribution in [0.25, 0.3) is 0 Å². The molecule has 0 fully saturated rings. The van der Waals surface area contributed by atoms with E-state index in [4.69, 9.17) is 0 Å². The van der Waals surface area contributed by atoms with Gasteiger partial charge in [-0.2, -0.15) is 0 Å². The van der Waals surface area contributed by atoms with Gasteiger partial charge in [-0.1, -0.05) is 41.6 Å². The normalized spacial score (nSPS) is 11.2. The molecule has 9 heteroatoms. The molecule has 0 aliphatic rings. The molecule has 0 radical (unpaired) electrons. The molecule has 150 valence electrons. The first kappa shape index (κ1) is 20.8. The molecule has 0 spiro atoms. The standard InChI is InChI=1S/C20H19N3O4S2/c1-13-6-8-16(9-7-13)29(26,27)17-11-21-20(23-19(17)25)28-12-18(24)22-15-5-3-4-14(2)10-15/h3-11H,12H2,1-2H3,(H,22,24)(H,21,23,25). The zero-order valence-corrected chi connectivity index (χ0v) is 17.4. The molecule has 1 aromatic heterocycles. The third kappa shape index (κ3) is 5.12. The van der Waals surface area contributed by atoms with Crippen LogP contribution in [-0.2, 0) is 14.6 Å². The Morgan fingerprint density at radius 1 is 1.10 bits per heavy atom. The van der Waals surface area contributed by atoms with Gasteiger partial charge in [0.05, 0.1) is 16.8 Å². The first-order chi connectivity index (χ1) is 13.8. The van der Waals surface area contributed by atoms with Gasteiger partial charge in [-0.3, -0.25) is 9.59 Å². The molecule has 0 saturated heterocycles. The Hall–Kier alpha value is -2.91. The molecule has 0 atom stereocenters. The molecular weight excluding hydrogens is 410 g/mol. The van der Waals surface area contributed by atoms with Gasteiger partial charge in [0, 0.05) is 5.69 Å². The van der Waals surface area contributed by atoms with E-state index in [0.717, 1.165) is 29.1 Å². The van der Waals surface area contributed by atoms with Crippen molar-refractivity contribution in [3.63, 3.8) is 0 Å². The smallest absolute Gasteiger partial charge is 0.270 e. The zero-order valence-electron chi connectivity index (χ0n) is 15.8. The number of H-pyrrole nitrogens is 1. The van der Waals surface area contributed by atoms with Crippen LogP contribution in [0.3, 0.4) is 0 Å². The van der Waals surface area contributed by atoms with E-state index in [9.17, 15) is 18.0 Å². The third-order valence-corrected chi connectivity index (χ3v) is 6.66. The maximum Gasteiger partial charge on any atom is 0.270 e. The highest BCUT2D eigenvalue weighted by Crippen LogP contribution is 2.19. The second-order valence-corrected chi connectivity index (χ2v) is 9.29. The number of rotatable bonds is 6. The number of hydrogen-bond donors (Lipinski definition) is 2. The van der Waals surface area contributed by atoms with Crippen LogP contribution in [0.1, 0.15) is 11.1 Å². The number of carbonyl (C=O) groups excluding carboxylic acids is 1. The van der Waals surface area contributed by atoms with E-state index < -0.39 is 20.3 Å². The van der Waals surface area contributed by atoms with Crippen molar-refractivity contribution < 1.29 is 13.2 Å². The number of nitrogens with zero attached hydrogens (tertiary/aromatic N) is 1. The number of sulfone groups is 1. The van der Waals surface area contributed by atoms with Crippen molar-refractivity contribution in [1.82, 2.24) is 9.97 Å². The van der Waals surface area contributed by atoms with Crippen LogP contribution >= 0.6 is 11.8 Å². The number of aryl methyl sites for hydroxylation is 2. The summed E-state index contributed by atoms with van der Waals surface area (Å²) < 4.78 is 25.3. The molecule has 0 aliphatic heterocycles. The second-order valence-electron chi connectivity index (χ2n) is 6.40. The van der Waals surface area contributed by atoms with Crippen LogP contribution in [0.4, 0.5) is 5.69 Å². The number of anilines is 1. The van der Waals surface area contributed by atoms with E-state index in [0.29, 0.717) is 5.69 Å². The lowest BCUT2D eigenvalue weighted by Crippen LogP contribution is -2.20. The van der Waals surface area contributed by atoms with Gasteiger partial charge in [-0.15, -0.1) is 0 Å². The van der Waals surface area contributed by atoms with Gasteiger partial charge < -0.3 is 10.3 Å². The summed E-state index contributed by atoms with van der Waals surface area (Å²) in [6.07, 6.45) is 1.02. The highest BCUT2D eigenvalue weighted by atomic mass is 32.2. The Bertz CT molecular complexity index is 1200. The minimum absolute atomic E-state index is 0.0148. The van der Waals surface area contributed by atoms with E-state index in [1.807, 2.05) is 32.0 Å². The number of aromatic amines is 1. The number of hydrogen-bond acceptors (Lipinski definition) is 6. The van der Waals surface area contributed by atoms with Crippen molar-refractivity contribution in [3.8, 4) is 0 Å². The minimum Gasteiger partial charge on any atom is -0.325 e. The summed E-state index contributed by atoms with van der Waals surface area (Å²) >= 11 is 1.01. The van der Waals surface area contributed by atoms with Gasteiger partial charge in [0.25, 0.3) is 5.56 Å². The predicted octanol–water partition coefficient (Wildman–Crippen LogP) is 2.95. The monoisotopic (exact) mass is 429 g/mol. The lowest BCUT2D eigenvalue weighted by Gasteiger charge is -2.07. The van der Waals surface area contributed by atoms with Gasteiger partial charge in [0.1, 0.15) is 0 Å². The molecule has 0 saturated carbocycles. The Kier molecular flexibility index (Phi) is 6.19. The number of thioether (sulfide) groups is 1. The quantitative estimate of drug-likeness (QED) is 0.461. The summed E-state index contributed by atoms with van der Waals surface area (Å²) in [5.41, 5.74) is 1.83. The third-order valence-electron chi connectivity index (χ3n) is 4.01. The van der Waals surface area contributed by atoms with E-state index >= 15 is 0 Å². The molecule has 1 amide bonds. The topological polar surface area (TPSA) is 109 Å². The van der Waals surface area contributed by atoms with Crippen molar-refractivity contribution in [2.75, 3.05) is 11.1 Å². The minimum atomic E-state index is -3.97. The Balaban J connectivity index is 1.70. The van der Waals surface area contributed by atoms with Gasteiger partial charge in [0.2, 0.25) is 15.7 Å². The lowest BCUT2D eigenvalue weighted by atomic mass is 10.2. The Labute approximate surface area is 172 Å². The number of benzene rings is 2. The lowest BCUT2D eigenvalue weighted by molar-refractivity contribution is -0.113. The SMILES string of the molecule is Cc1ccc(S(=O)(=O)c2cnc(SCC(=O)Nc3cccc(C)c3)[nH]c2=O)cc1. The van der Waals surface area contributed by atoms with Crippen molar-refractivity contribution in [2.24, 2.45) is 0 Å². The number of carbonyl (C=O) groups is 1. The summed E-state index contributed by atoms with van der Waals surface area (Å²) in [6, 6.07) is 13.6. The molecule has 3 rings (SSSR count). The van der Waals surface area contributed by atoms with E-state index in [1.54, 1.807) is 18.2 Å². The average Bonchev–Trinajstić information content (AvgIpc) is 2.66. The number of amides is 1. The highest BCUT2D eigenvalue weighted by molar-refractivity contribution is 7.99. The second kappa shape index (κ2) is 8.62. The maximum absolute atomic E-state index is 12.6. The van der Waals surface area contributed by atoms with Crippen LogP contribution in [0.5, 0.6) is 0 Å². The van der Waals surface area contributed by atoms with Crippen molar-refractivity contribution in [2.45, 2.75) is 28.8 Å². The molecule has 2 N–H and O–H groups in total. The molecule has 7 nitrogen and oxygen atoms in total. The van der Waals surface area contributed by atoms with Crippen LogP contribution in [0.2, 0.25) is 0 Å². The largest absolute Gasteiger partial charge is 0.325 e. The molecule has 0 aliphatic carbocycles. The van der Waals surface area contributed by atoms with E-state index in [1.165, 1.54) is 12.1 Å². The summed E-state index contributed by atoms with van der Waals surface area (Å²) in [7, 11) is -3.97. The molecular formula is C20H19N3O4S2. The molecule has 29 heavy (non-hydrogen) atoms. The highest BCUT2D eigenvalue weighted by Gasteiger charge is 2.22. The van der Waals surface area contributed by atoms with E-state index in [-0.39, 0.29) is 21.7 Å². The number of nitrogens with one attached hydrogen (secondary N) is 2. The summed E-state index contributed by atoms with van der Waals surface area (Å²) in [5.74, 6) is -0.249. The maximum atomic E-state index is 12.6. The van der Waals surface area contributed by atoms with Gasteiger partial charge in [0.15, 0.2) is 10.1 Å². The van der Waals surface area contributed by atoms with Crippen LogP contribution < -0.4 is 10.9 Å². The molecule has 2 aromatic carbocycles. The summed E-state index contributed by atoms with van der Waals surface area (Å²) in [5, 5.41) is 2.92. The van der Waals surface area contributed by atoms with Crippen LogP contribution in [0.15, 0.2) is 74.5 Å². The van der Waals surface area contributed by atoms with Crippen LogP contribution in [-0.4, -0.2) is 30.0 Å². The van der Waals surface area contributed by atoms with Gasteiger partial charge in [-0.05, 0) is 43.7 Å². The predicted molar refractivity (Wildman–Crippen MR) is 112 cm³/mol. The van der Waals surface area contributed by atoms with Crippen molar-refractivity contribution in [3.05, 3.63) is 76.2 Å². The zero-order chi connectivity index (χ0) is 21.0. The number of aromatic nitrogens is 2. The van der Waals surface area contributed by atoms with Gasteiger partial charge >= 0.3 is 0 Å². The molecule has 0 unspecified atom stereocenters. The average molecular weight is 430 g/mol. The summed E-state index contributed by atoms with van der Waals surface area (Å²) in [4.78, 5) is 30.4. The fourth-order valence-corrected chi connectivity index (χ4v) is 4.40. The van der Waals surface area contributed by atoms with Crippen LogP contribution in [0, 0.1) is 13.8 Å². The van der Waals surface area contributed by atoms with Crippen molar-refractivity contribution >= 4 is 33.2 Å². The fraction of sp³-hybridized carbons (Fsp3) is 0.150. The Morgan fingerprint density at radius 2 is 1.83 bits per heavy atom. The first-order valence-electron chi connectivity index (χ1n) is 8.66. The first-order valence-corrected chi connectivity index (χ1v) is 11.1. The molecule has 1 heterocycles.